The van der Waals surface area contributed by atoms with Gasteiger partial charge in [0.05, 0.1) is 12.1 Å². The number of nitrogens with zero attached hydrogens (tertiary/aromatic N) is 2. The van der Waals surface area contributed by atoms with E-state index in [1.165, 1.54) is 16.7 Å². The van der Waals surface area contributed by atoms with Crippen LogP contribution in [0.5, 0.6) is 5.75 Å². The highest BCUT2D eigenvalue weighted by Crippen LogP contribution is 2.39. The number of rotatable bonds is 7. The molecule has 2 heterocycles. The standard InChI is InChI=1S/C34H40N4O3.C2HF3O2/c1-21-15-27(39)16-22(2)28(21)18-30(35)33(40)36-31-12-14-38(34(41)25-8-9-25)32-10-7-23(17-29(31)32)19-37-13-11-24-5-3-4-6-26(24)20-37;3-2(4,5)1(6)7/h3-7,10,15-17,25,30-31,39H,8-9,11-14,18-20,35H2,1-2H3,(H,36,40);(H,6,7)/t30-,31+;/m0./s1. The third kappa shape index (κ3) is 8.35. The highest BCUT2D eigenvalue weighted by atomic mass is 19.4. The second kappa shape index (κ2) is 14.4. The van der Waals surface area contributed by atoms with Crippen LogP contribution in [0.15, 0.2) is 54.6 Å². The van der Waals surface area contributed by atoms with Crippen LogP contribution < -0.4 is 16.0 Å². The fraction of sp³-hybridized carbons (Fsp3) is 0.417. The highest BCUT2D eigenvalue weighted by molar-refractivity contribution is 5.98. The molecule has 0 aromatic heterocycles. The summed E-state index contributed by atoms with van der Waals surface area (Å²) in [7, 11) is 0. The maximum atomic E-state index is 13.4. The van der Waals surface area contributed by atoms with Gasteiger partial charge in [-0.2, -0.15) is 13.2 Å². The van der Waals surface area contributed by atoms with Crippen molar-refractivity contribution in [1.82, 2.24) is 10.2 Å². The molecule has 0 spiro atoms. The summed E-state index contributed by atoms with van der Waals surface area (Å²) in [6, 6.07) is 17.5. The van der Waals surface area contributed by atoms with Crippen molar-refractivity contribution in [2.45, 2.75) is 77.3 Å². The summed E-state index contributed by atoms with van der Waals surface area (Å²) in [6.45, 7) is 7.19. The van der Waals surface area contributed by atoms with Gasteiger partial charge in [-0.3, -0.25) is 14.5 Å². The molecule has 1 saturated carbocycles. The number of anilines is 1. The average Bonchev–Trinajstić information content (AvgIpc) is 3.88. The minimum absolute atomic E-state index is 0.132. The number of benzene rings is 3. The van der Waals surface area contributed by atoms with Crippen molar-refractivity contribution in [3.63, 3.8) is 0 Å². The number of phenolic OH excluding ortho intramolecular Hbond substituents is 1. The quantitative estimate of drug-likeness (QED) is 0.276. The van der Waals surface area contributed by atoms with Crippen molar-refractivity contribution in [3.8, 4) is 5.75 Å². The molecular weight excluding hydrogens is 625 g/mol. The Balaban J connectivity index is 0.000000582. The molecule has 2 aliphatic heterocycles. The van der Waals surface area contributed by atoms with Gasteiger partial charge in [0.1, 0.15) is 5.75 Å². The molecular formula is C36H41F3N4O5. The molecule has 2 atom stereocenters. The maximum Gasteiger partial charge on any atom is 0.490 e. The minimum Gasteiger partial charge on any atom is -0.508 e. The Morgan fingerprint density at radius 3 is 2.25 bits per heavy atom. The predicted octanol–water partition coefficient (Wildman–Crippen LogP) is 5.07. The van der Waals surface area contributed by atoms with E-state index < -0.39 is 18.2 Å². The third-order valence-electron chi connectivity index (χ3n) is 9.21. The lowest BCUT2D eigenvalue weighted by atomic mass is 9.92. The lowest BCUT2D eigenvalue weighted by molar-refractivity contribution is -0.192. The van der Waals surface area contributed by atoms with E-state index in [1.807, 2.05) is 18.7 Å². The number of amides is 2. The second-order valence-electron chi connectivity index (χ2n) is 12.9. The average molecular weight is 667 g/mol. The number of carbonyl (C=O) groups excluding carboxylic acids is 2. The fourth-order valence-electron chi connectivity index (χ4n) is 6.52. The Morgan fingerprint density at radius 2 is 1.62 bits per heavy atom. The SMILES string of the molecule is Cc1cc(O)cc(C)c1C[C@H](N)C(=O)N[C@@H]1CCN(C(=O)C2CC2)c2ccc(CN3CCc4ccccc4C3)cc21.O=C(O)C(F)(F)F. The number of aromatic hydroxyl groups is 1. The normalized spacial score (nSPS) is 18.1. The molecule has 12 heteroatoms. The summed E-state index contributed by atoms with van der Waals surface area (Å²) < 4.78 is 31.7. The van der Waals surface area contributed by atoms with Gasteiger partial charge >= 0.3 is 12.1 Å². The molecule has 1 fully saturated rings. The van der Waals surface area contributed by atoms with Crippen molar-refractivity contribution in [2.75, 3.05) is 18.0 Å². The first kappa shape index (κ1) is 34.9. The third-order valence-corrected chi connectivity index (χ3v) is 9.21. The van der Waals surface area contributed by atoms with Gasteiger partial charge in [-0.25, -0.2) is 4.79 Å². The number of aryl methyl sites for hydroxylation is 2. The number of carboxylic acids is 1. The van der Waals surface area contributed by atoms with Crippen molar-refractivity contribution >= 4 is 23.5 Å². The van der Waals surface area contributed by atoms with Crippen LogP contribution in [-0.4, -0.2) is 58.2 Å². The van der Waals surface area contributed by atoms with Crippen molar-refractivity contribution in [3.05, 3.63) is 93.5 Å². The van der Waals surface area contributed by atoms with E-state index in [2.05, 4.69) is 52.7 Å². The fourth-order valence-corrected chi connectivity index (χ4v) is 6.52. The Bertz CT molecular complexity index is 1670. The Hall–Kier alpha value is -4.42. The van der Waals surface area contributed by atoms with E-state index in [1.54, 1.807) is 12.1 Å². The van der Waals surface area contributed by atoms with E-state index in [0.717, 1.165) is 66.8 Å². The van der Waals surface area contributed by atoms with E-state index in [-0.39, 0.29) is 29.5 Å². The van der Waals surface area contributed by atoms with Crippen LogP contribution in [0, 0.1) is 19.8 Å². The molecule has 48 heavy (non-hydrogen) atoms. The summed E-state index contributed by atoms with van der Waals surface area (Å²) in [5.41, 5.74) is 15.2. The number of nitrogens with two attached hydrogens (primary N) is 1. The number of carbonyl (C=O) groups is 3. The van der Waals surface area contributed by atoms with Gasteiger partial charge < -0.3 is 26.2 Å². The van der Waals surface area contributed by atoms with Crippen LogP contribution >= 0.6 is 0 Å². The number of hydrogen-bond acceptors (Lipinski definition) is 6. The number of alkyl halides is 3. The van der Waals surface area contributed by atoms with E-state index in [9.17, 15) is 27.9 Å². The van der Waals surface area contributed by atoms with Crippen molar-refractivity contribution in [1.29, 1.82) is 0 Å². The number of carboxylic acid groups (broad SMARTS) is 1. The molecule has 1 aliphatic carbocycles. The van der Waals surface area contributed by atoms with Gasteiger partial charge in [-0.15, -0.1) is 0 Å². The molecule has 256 valence electrons. The number of nitrogens with one attached hydrogen (secondary N) is 1. The maximum absolute atomic E-state index is 13.4. The van der Waals surface area contributed by atoms with E-state index >= 15 is 0 Å². The molecule has 2 amide bonds. The molecule has 3 aromatic rings. The first-order valence-electron chi connectivity index (χ1n) is 16.1. The zero-order chi connectivity index (χ0) is 34.7. The summed E-state index contributed by atoms with van der Waals surface area (Å²) in [4.78, 5) is 39.8. The lowest BCUT2D eigenvalue weighted by Crippen LogP contribution is -2.47. The topological polar surface area (TPSA) is 136 Å². The van der Waals surface area contributed by atoms with Crippen LogP contribution in [-0.2, 0) is 40.3 Å². The van der Waals surface area contributed by atoms with Gasteiger partial charge in [0.25, 0.3) is 0 Å². The van der Waals surface area contributed by atoms with Gasteiger partial charge in [0.2, 0.25) is 11.8 Å². The summed E-state index contributed by atoms with van der Waals surface area (Å²) in [5, 5.41) is 20.3. The van der Waals surface area contributed by atoms with Crippen LogP contribution in [0.3, 0.4) is 0 Å². The van der Waals surface area contributed by atoms with Gasteiger partial charge in [0.15, 0.2) is 0 Å². The Morgan fingerprint density at radius 1 is 0.979 bits per heavy atom. The molecule has 5 N–H and O–H groups in total. The molecule has 0 saturated heterocycles. The van der Waals surface area contributed by atoms with E-state index in [4.69, 9.17) is 15.6 Å². The predicted molar refractivity (Wildman–Crippen MR) is 174 cm³/mol. The Kier molecular flexibility index (Phi) is 10.4. The largest absolute Gasteiger partial charge is 0.508 e. The summed E-state index contributed by atoms with van der Waals surface area (Å²) >= 11 is 0. The van der Waals surface area contributed by atoms with Gasteiger partial charge in [-0.05, 0) is 103 Å². The number of aliphatic carboxylic acids is 1. The van der Waals surface area contributed by atoms with E-state index in [0.29, 0.717) is 19.4 Å². The smallest absolute Gasteiger partial charge is 0.490 e. The monoisotopic (exact) mass is 666 g/mol. The molecule has 3 aliphatic rings. The number of fused-ring (bicyclic) bond motifs is 2. The van der Waals surface area contributed by atoms with Crippen LogP contribution in [0.2, 0.25) is 0 Å². The van der Waals surface area contributed by atoms with Crippen molar-refractivity contribution in [2.24, 2.45) is 11.7 Å². The number of phenols is 1. The molecule has 0 unspecified atom stereocenters. The molecule has 9 nitrogen and oxygen atoms in total. The highest BCUT2D eigenvalue weighted by Gasteiger charge is 2.39. The summed E-state index contributed by atoms with van der Waals surface area (Å²) in [6.07, 6.45) is -1.07. The zero-order valence-electron chi connectivity index (χ0n) is 27.0. The van der Waals surface area contributed by atoms with Crippen LogP contribution in [0.1, 0.15) is 64.2 Å². The first-order valence-corrected chi connectivity index (χ1v) is 16.1. The van der Waals surface area contributed by atoms with Crippen LogP contribution in [0.25, 0.3) is 0 Å². The second-order valence-corrected chi connectivity index (χ2v) is 12.9. The lowest BCUT2D eigenvalue weighted by Gasteiger charge is -2.36. The Labute approximate surface area is 277 Å². The zero-order valence-corrected chi connectivity index (χ0v) is 27.0. The van der Waals surface area contributed by atoms with Gasteiger partial charge in [0, 0.05) is 37.8 Å². The molecule has 0 bridgehead atoms. The minimum atomic E-state index is -5.08. The first-order chi connectivity index (χ1) is 22.7. The molecule has 3 aromatic carbocycles. The number of halogens is 3. The summed E-state index contributed by atoms with van der Waals surface area (Å²) in [5.74, 6) is -2.41. The number of hydrogen-bond donors (Lipinski definition) is 4. The van der Waals surface area contributed by atoms with Crippen LogP contribution in [0.4, 0.5) is 18.9 Å². The van der Waals surface area contributed by atoms with Crippen molar-refractivity contribution < 1.29 is 37.8 Å². The molecule has 6 rings (SSSR count). The molecule has 0 radical (unpaired) electrons. The van der Waals surface area contributed by atoms with Gasteiger partial charge in [-0.1, -0.05) is 36.4 Å².